The molecule has 0 radical (unpaired) electrons. The van der Waals surface area contributed by atoms with Crippen molar-refractivity contribution in [3.63, 3.8) is 0 Å². The Morgan fingerprint density at radius 3 is 2.64 bits per heavy atom. The molecule has 0 spiro atoms. The summed E-state index contributed by atoms with van der Waals surface area (Å²) >= 11 is 2.25. The first-order chi connectivity index (χ1) is 12.0. The van der Waals surface area contributed by atoms with E-state index in [1.54, 1.807) is 0 Å². The van der Waals surface area contributed by atoms with Crippen LogP contribution >= 0.6 is 23.1 Å². The third-order valence-corrected chi connectivity index (χ3v) is 5.30. The van der Waals surface area contributed by atoms with Crippen molar-refractivity contribution in [3.05, 3.63) is 40.3 Å². The molecule has 0 aliphatic rings. The highest BCUT2D eigenvalue weighted by Gasteiger charge is 2.27. The number of benzene rings is 1. The van der Waals surface area contributed by atoms with E-state index in [9.17, 15) is 9.59 Å². The molecule has 0 saturated carbocycles. The second kappa shape index (κ2) is 7.16. The van der Waals surface area contributed by atoms with Crippen molar-refractivity contribution in [2.24, 2.45) is 0 Å². The molecule has 9 heteroatoms. The first kappa shape index (κ1) is 17.3. The number of thiophene rings is 1. The molecule has 0 aliphatic heterocycles. The van der Waals surface area contributed by atoms with E-state index in [0.717, 1.165) is 16.9 Å². The number of carbonyl (C=O) groups is 2. The summed E-state index contributed by atoms with van der Waals surface area (Å²) in [5.41, 5.74) is 7.93. The number of anilines is 1. The molecule has 0 bridgehead atoms. The van der Waals surface area contributed by atoms with Crippen molar-refractivity contribution in [2.45, 2.75) is 11.0 Å². The Morgan fingerprint density at radius 1 is 1.24 bits per heavy atom. The lowest BCUT2D eigenvalue weighted by Gasteiger charge is -2.04. The van der Waals surface area contributed by atoms with Crippen LogP contribution in [0.3, 0.4) is 0 Å². The minimum absolute atomic E-state index is 0.177. The number of nitrogens with two attached hydrogens (primary N) is 1. The third kappa shape index (κ3) is 3.33. The summed E-state index contributed by atoms with van der Waals surface area (Å²) in [6.45, 7) is 0. The van der Waals surface area contributed by atoms with Crippen LogP contribution in [0.15, 0.2) is 33.9 Å². The molecule has 2 aromatic heterocycles. The lowest BCUT2D eigenvalue weighted by atomic mass is 10.1. The van der Waals surface area contributed by atoms with Gasteiger partial charge in [-0.15, -0.1) is 11.3 Å². The van der Waals surface area contributed by atoms with E-state index in [0.29, 0.717) is 16.4 Å². The third-order valence-electron chi connectivity index (χ3n) is 3.41. The molecular formula is C16H14N2O5S2. The summed E-state index contributed by atoms with van der Waals surface area (Å²) in [6, 6.07) is 7.37. The second-order valence-electron chi connectivity index (χ2n) is 4.87. The summed E-state index contributed by atoms with van der Waals surface area (Å²) in [5, 5.41) is 0.637. The number of ether oxygens (including phenoxy) is 2. The lowest BCUT2D eigenvalue weighted by Crippen LogP contribution is -2.08. The Kier molecular flexibility index (Phi) is 4.95. The largest absolute Gasteiger partial charge is 0.465 e. The molecule has 0 unspecified atom stereocenters. The van der Waals surface area contributed by atoms with E-state index < -0.39 is 11.9 Å². The normalized spacial score (nSPS) is 10.8. The van der Waals surface area contributed by atoms with Gasteiger partial charge in [0.05, 0.1) is 19.8 Å². The number of oxazole rings is 1. The van der Waals surface area contributed by atoms with Gasteiger partial charge in [-0.1, -0.05) is 23.9 Å². The van der Waals surface area contributed by atoms with E-state index in [2.05, 4.69) is 4.98 Å². The summed E-state index contributed by atoms with van der Waals surface area (Å²) < 4.78 is 15.2. The first-order valence-electron chi connectivity index (χ1n) is 7.11. The molecule has 3 rings (SSSR count). The molecule has 7 nitrogen and oxygen atoms in total. The molecule has 3 aromatic rings. The highest BCUT2D eigenvalue weighted by atomic mass is 32.2. The van der Waals surface area contributed by atoms with Gasteiger partial charge in [-0.25, -0.2) is 14.6 Å². The summed E-state index contributed by atoms with van der Waals surface area (Å²) in [6.07, 6.45) is 0. The monoisotopic (exact) mass is 378 g/mol. The second-order valence-corrected chi connectivity index (χ2v) is 6.85. The van der Waals surface area contributed by atoms with E-state index >= 15 is 0 Å². The molecule has 0 fully saturated rings. The minimum atomic E-state index is -0.600. The Bertz CT molecular complexity index is 914. The van der Waals surface area contributed by atoms with Gasteiger partial charge in [-0.2, -0.15) is 0 Å². The van der Waals surface area contributed by atoms with Crippen LogP contribution in [-0.2, 0) is 15.2 Å². The van der Waals surface area contributed by atoms with Crippen molar-refractivity contribution in [1.82, 2.24) is 4.98 Å². The molecule has 1 aromatic carbocycles. The fourth-order valence-corrected chi connectivity index (χ4v) is 4.20. The van der Waals surface area contributed by atoms with Crippen LogP contribution in [0.4, 0.5) is 5.00 Å². The summed E-state index contributed by atoms with van der Waals surface area (Å²) in [5.74, 6) is -0.896. The fourth-order valence-electron chi connectivity index (χ4n) is 2.25. The Morgan fingerprint density at radius 2 is 1.96 bits per heavy atom. The van der Waals surface area contributed by atoms with Crippen LogP contribution in [0.5, 0.6) is 0 Å². The summed E-state index contributed by atoms with van der Waals surface area (Å²) in [4.78, 5) is 28.7. The highest BCUT2D eigenvalue weighted by molar-refractivity contribution is 7.98. The van der Waals surface area contributed by atoms with Crippen molar-refractivity contribution in [2.75, 3.05) is 20.0 Å². The molecule has 0 saturated heterocycles. The average molecular weight is 378 g/mol. The van der Waals surface area contributed by atoms with Gasteiger partial charge in [0.15, 0.2) is 5.58 Å². The van der Waals surface area contributed by atoms with Gasteiger partial charge in [0.1, 0.15) is 15.4 Å². The number of aromatic nitrogens is 1. The lowest BCUT2D eigenvalue weighted by molar-refractivity contribution is 0.0601. The SMILES string of the molecule is COC(=O)c1sc(N)c(C(=O)OC)c1CSc1nc2ccccc2o1. The molecule has 0 aliphatic carbocycles. The van der Waals surface area contributed by atoms with Crippen molar-refractivity contribution in [1.29, 1.82) is 0 Å². The van der Waals surface area contributed by atoms with Crippen LogP contribution in [-0.4, -0.2) is 31.1 Å². The number of rotatable bonds is 5. The number of fused-ring (bicyclic) bond motifs is 1. The zero-order chi connectivity index (χ0) is 18.0. The maximum absolute atomic E-state index is 12.0. The van der Waals surface area contributed by atoms with Gasteiger partial charge in [0, 0.05) is 11.3 Å². The number of hydrogen-bond donors (Lipinski definition) is 1. The van der Waals surface area contributed by atoms with E-state index in [1.807, 2.05) is 24.3 Å². The molecule has 0 atom stereocenters. The fraction of sp³-hybridized carbons (Fsp3) is 0.188. The number of nitrogens with zero attached hydrogens (tertiary/aromatic N) is 1. The Hall–Kier alpha value is -2.52. The van der Waals surface area contributed by atoms with E-state index in [-0.39, 0.29) is 21.2 Å². The number of thioether (sulfide) groups is 1. The predicted molar refractivity (Wildman–Crippen MR) is 95.0 cm³/mol. The predicted octanol–water partition coefficient (Wildman–Crippen LogP) is 3.34. The van der Waals surface area contributed by atoms with Crippen LogP contribution in [0.1, 0.15) is 25.6 Å². The quantitative estimate of drug-likeness (QED) is 0.532. The van der Waals surface area contributed by atoms with Gasteiger partial charge < -0.3 is 19.6 Å². The summed E-state index contributed by atoms with van der Waals surface area (Å²) in [7, 11) is 2.53. The number of esters is 2. The molecule has 2 N–H and O–H groups in total. The number of hydrogen-bond acceptors (Lipinski definition) is 9. The smallest absolute Gasteiger partial charge is 0.348 e. The number of carbonyl (C=O) groups excluding carboxylic acids is 2. The van der Waals surface area contributed by atoms with Crippen LogP contribution in [0, 0.1) is 0 Å². The van der Waals surface area contributed by atoms with Gasteiger partial charge >= 0.3 is 11.9 Å². The molecular weight excluding hydrogens is 364 g/mol. The molecule has 0 amide bonds. The van der Waals surface area contributed by atoms with Crippen molar-refractivity contribution in [3.8, 4) is 0 Å². The first-order valence-corrected chi connectivity index (χ1v) is 8.91. The van der Waals surface area contributed by atoms with E-state index in [1.165, 1.54) is 26.0 Å². The number of para-hydroxylation sites is 2. The minimum Gasteiger partial charge on any atom is -0.465 e. The maximum Gasteiger partial charge on any atom is 0.348 e. The van der Waals surface area contributed by atoms with Crippen LogP contribution in [0.2, 0.25) is 0 Å². The maximum atomic E-state index is 12.0. The Balaban J connectivity index is 1.94. The molecule has 2 heterocycles. The Labute approximate surface area is 151 Å². The number of methoxy groups -OCH3 is 2. The van der Waals surface area contributed by atoms with Crippen LogP contribution < -0.4 is 5.73 Å². The molecule has 25 heavy (non-hydrogen) atoms. The highest BCUT2D eigenvalue weighted by Crippen LogP contribution is 2.36. The van der Waals surface area contributed by atoms with E-state index in [4.69, 9.17) is 19.6 Å². The standard InChI is InChI=1S/C16H14N2O5S2/c1-21-14(19)11-8(12(15(20)22-2)25-13(11)17)7-24-16-18-9-5-3-4-6-10(9)23-16/h3-6H,7,17H2,1-2H3. The number of nitrogen functional groups attached to an aromatic ring is 1. The topological polar surface area (TPSA) is 105 Å². The van der Waals surface area contributed by atoms with Gasteiger partial charge in [-0.3, -0.25) is 0 Å². The van der Waals surface area contributed by atoms with Crippen molar-refractivity contribution >= 4 is 51.1 Å². The zero-order valence-electron chi connectivity index (χ0n) is 13.4. The zero-order valence-corrected chi connectivity index (χ0v) is 15.0. The molecule has 130 valence electrons. The van der Waals surface area contributed by atoms with Crippen molar-refractivity contribution < 1.29 is 23.5 Å². The van der Waals surface area contributed by atoms with Gasteiger partial charge in [-0.05, 0) is 12.1 Å². The van der Waals surface area contributed by atoms with Gasteiger partial charge in [0.2, 0.25) is 0 Å². The van der Waals surface area contributed by atoms with Crippen LogP contribution in [0.25, 0.3) is 11.1 Å². The van der Waals surface area contributed by atoms with Gasteiger partial charge in [0.25, 0.3) is 5.22 Å². The average Bonchev–Trinajstić information content (AvgIpc) is 3.18.